The van der Waals surface area contributed by atoms with E-state index in [9.17, 15) is 35.1 Å². The van der Waals surface area contributed by atoms with Gasteiger partial charge in [-0.05, 0) is 0 Å². The van der Waals surface area contributed by atoms with Crippen molar-refractivity contribution < 1.29 is 54.8 Å². The quantitative estimate of drug-likeness (QED) is 0.165. The summed E-state index contributed by atoms with van der Waals surface area (Å²) in [7, 11) is 0. The minimum absolute atomic E-state index is 0.0922. The van der Waals surface area contributed by atoms with Crippen LogP contribution in [0.5, 0.6) is 0 Å². The van der Waals surface area contributed by atoms with Gasteiger partial charge in [-0.1, -0.05) is 0 Å². The van der Waals surface area contributed by atoms with Crippen LogP contribution in [0.2, 0.25) is 0 Å². The smallest absolute Gasteiger partial charge is 0.337 e. The van der Waals surface area contributed by atoms with Gasteiger partial charge in [-0.15, -0.1) is 0 Å². The number of ether oxygens (including phenoxy) is 2. The molecule has 7 N–H and O–H groups in total. The molecular weight excluding hydrogens is 320 g/mol. The zero-order valence-electron chi connectivity index (χ0n) is 11.9. The molecule has 8 atom stereocenters. The molecule has 1 aliphatic rings. The molecule has 11 nitrogen and oxygen atoms in total. The number of esters is 1. The molecule has 11 heteroatoms. The second-order valence-electron chi connectivity index (χ2n) is 5.06. The standard InChI is InChI=1S/C12H20O11/c13-1-4(15)7(16)10(19)11(20)12(21)22-3-6-9(18)8(17)5(2-14)23-6/h1,4-11,14-20H,2-3H2/t4-,5-,6-,7+,8-,9-,10-,11+/m1/s1. The van der Waals surface area contributed by atoms with E-state index in [0.717, 1.165) is 0 Å². The van der Waals surface area contributed by atoms with Gasteiger partial charge in [0.1, 0.15) is 49.3 Å². The number of hydrogen-bond donors (Lipinski definition) is 7. The van der Waals surface area contributed by atoms with E-state index in [1.54, 1.807) is 0 Å². The SMILES string of the molecule is O=C[C@@H](O)[C@H](O)[C@@H](O)[C@H](O)C(=O)OC[C@H]1O[C@H](CO)[C@@H](O)[C@@H]1O. The fourth-order valence-corrected chi connectivity index (χ4v) is 1.97. The Bertz CT molecular complexity index is 402. The van der Waals surface area contributed by atoms with E-state index < -0.39 is 68.0 Å². The average molecular weight is 340 g/mol. The first-order valence-corrected chi connectivity index (χ1v) is 6.71. The van der Waals surface area contributed by atoms with Crippen LogP contribution in [0, 0.1) is 0 Å². The van der Waals surface area contributed by atoms with Crippen molar-refractivity contribution in [3.8, 4) is 0 Å². The molecule has 0 radical (unpaired) electrons. The molecule has 1 rings (SSSR count). The van der Waals surface area contributed by atoms with Crippen LogP contribution in [0.4, 0.5) is 0 Å². The van der Waals surface area contributed by atoms with Crippen LogP contribution in [0.25, 0.3) is 0 Å². The predicted molar refractivity (Wildman–Crippen MR) is 68.8 cm³/mol. The van der Waals surface area contributed by atoms with Gasteiger partial charge >= 0.3 is 5.97 Å². The number of rotatable bonds is 8. The third-order valence-corrected chi connectivity index (χ3v) is 3.44. The van der Waals surface area contributed by atoms with E-state index in [0.29, 0.717) is 0 Å². The molecule has 1 saturated heterocycles. The summed E-state index contributed by atoms with van der Waals surface area (Å²) in [6.45, 7) is -1.18. The Kier molecular flexibility index (Phi) is 7.44. The van der Waals surface area contributed by atoms with E-state index in [1.165, 1.54) is 0 Å². The number of carbonyl (C=O) groups excluding carboxylic acids is 2. The third kappa shape index (κ3) is 4.65. The van der Waals surface area contributed by atoms with Gasteiger partial charge in [0.25, 0.3) is 0 Å². The number of carbonyl (C=O) groups is 2. The van der Waals surface area contributed by atoms with Crippen molar-refractivity contribution in [1.82, 2.24) is 0 Å². The number of aliphatic hydroxyl groups excluding tert-OH is 7. The summed E-state index contributed by atoms with van der Waals surface area (Å²) in [5, 5.41) is 65.2. The van der Waals surface area contributed by atoms with Crippen LogP contribution in [-0.2, 0) is 19.1 Å². The van der Waals surface area contributed by atoms with Gasteiger partial charge in [0.05, 0.1) is 6.61 Å². The van der Waals surface area contributed by atoms with Crippen LogP contribution in [0.1, 0.15) is 0 Å². The van der Waals surface area contributed by atoms with E-state index in [1.807, 2.05) is 0 Å². The molecule has 0 aliphatic carbocycles. The van der Waals surface area contributed by atoms with E-state index in [2.05, 4.69) is 4.74 Å². The van der Waals surface area contributed by atoms with Gasteiger partial charge in [0.2, 0.25) is 0 Å². The van der Waals surface area contributed by atoms with Gasteiger partial charge in [0, 0.05) is 0 Å². The maximum absolute atomic E-state index is 11.5. The second kappa shape index (κ2) is 8.61. The molecule has 0 aromatic rings. The topological polar surface area (TPSA) is 194 Å². The Hall–Kier alpha value is -1.18. The average Bonchev–Trinajstić information content (AvgIpc) is 2.84. The van der Waals surface area contributed by atoms with Crippen molar-refractivity contribution in [2.75, 3.05) is 13.2 Å². The lowest BCUT2D eigenvalue weighted by atomic mass is 10.0. The highest BCUT2D eigenvalue weighted by Gasteiger charge is 2.43. The zero-order chi connectivity index (χ0) is 17.7. The summed E-state index contributed by atoms with van der Waals surface area (Å²) < 4.78 is 9.60. The molecule has 1 heterocycles. The van der Waals surface area contributed by atoms with Crippen LogP contribution < -0.4 is 0 Å². The third-order valence-electron chi connectivity index (χ3n) is 3.44. The summed E-state index contributed by atoms with van der Waals surface area (Å²) in [5.41, 5.74) is 0. The maximum Gasteiger partial charge on any atom is 0.337 e. The molecule has 23 heavy (non-hydrogen) atoms. The highest BCUT2D eigenvalue weighted by Crippen LogP contribution is 2.21. The first-order chi connectivity index (χ1) is 10.7. The summed E-state index contributed by atoms with van der Waals surface area (Å²) in [6, 6.07) is 0. The molecule has 0 aromatic heterocycles. The molecule has 0 amide bonds. The van der Waals surface area contributed by atoms with Crippen molar-refractivity contribution >= 4 is 12.3 Å². The monoisotopic (exact) mass is 340 g/mol. The van der Waals surface area contributed by atoms with Crippen LogP contribution in [-0.4, -0.2) is 110 Å². The summed E-state index contributed by atoms with van der Waals surface area (Å²) in [5.74, 6) is -1.41. The van der Waals surface area contributed by atoms with Gasteiger partial charge in [0.15, 0.2) is 12.4 Å². The van der Waals surface area contributed by atoms with Crippen molar-refractivity contribution in [1.29, 1.82) is 0 Å². The number of hydrogen-bond acceptors (Lipinski definition) is 11. The lowest BCUT2D eigenvalue weighted by molar-refractivity contribution is -0.173. The molecular formula is C12H20O11. The Morgan fingerprint density at radius 1 is 1.09 bits per heavy atom. The fraction of sp³-hybridized carbons (Fsp3) is 0.833. The lowest BCUT2D eigenvalue weighted by Gasteiger charge is -2.23. The van der Waals surface area contributed by atoms with Crippen LogP contribution >= 0.6 is 0 Å². The lowest BCUT2D eigenvalue weighted by Crippen LogP contribution is -2.49. The van der Waals surface area contributed by atoms with Gasteiger partial charge < -0.3 is 50.0 Å². The van der Waals surface area contributed by atoms with Gasteiger partial charge in [-0.25, -0.2) is 4.79 Å². The highest BCUT2D eigenvalue weighted by atomic mass is 16.6. The van der Waals surface area contributed by atoms with E-state index in [-0.39, 0.29) is 6.29 Å². The molecule has 1 fully saturated rings. The largest absolute Gasteiger partial charge is 0.461 e. The zero-order valence-corrected chi connectivity index (χ0v) is 11.9. The summed E-state index contributed by atoms with van der Waals surface area (Å²) in [4.78, 5) is 21.8. The summed E-state index contributed by atoms with van der Waals surface area (Å²) >= 11 is 0. The maximum atomic E-state index is 11.5. The van der Waals surface area contributed by atoms with Crippen molar-refractivity contribution in [2.24, 2.45) is 0 Å². The second-order valence-corrected chi connectivity index (χ2v) is 5.06. The van der Waals surface area contributed by atoms with Crippen molar-refractivity contribution in [2.45, 2.75) is 48.8 Å². The Balaban J connectivity index is 2.51. The molecule has 0 saturated carbocycles. The highest BCUT2D eigenvalue weighted by molar-refractivity contribution is 5.75. The van der Waals surface area contributed by atoms with E-state index >= 15 is 0 Å². The molecule has 134 valence electrons. The van der Waals surface area contributed by atoms with Crippen molar-refractivity contribution in [3.05, 3.63) is 0 Å². The minimum atomic E-state index is -2.27. The Morgan fingerprint density at radius 3 is 2.13 bits per heavy atom. The minimum Gasteiger partial charge on any atom is -0.461 e. The number of aldehydes is 1. The fourth-order valence-electron chi connectivity index (χ4n) is 1.97. The number of aliphatic hydroxyl groups is 7. The first kappa shape index (κ1) is 19.9. The normalized spacial score (nSPS) is 32.8. The molecule has 0 unspecified atom stereocenters. The van der Waals surface area contributed by atoms with Gasteiger partial charge in [-0.2, -0.15) is 0 Å². The molecule has 0 spiro atoms. The van der Waals surface area contributed by atoms with Crippen molar-refractivity contribution in [3.63, 3.8) is 0 Å². The first-order valence-electron chi connectivity index (χ1n) is 6.71. The van der Waals surface area contributed by atoms with E-state index in [4.69, 9.17) is 14.9 Å². The molecule has 0 aromatic carbocycles. The predicted octanol–water partition coefficient (Wildman–Crippen LogP) is -5.35. The van der Waals surface area contributed by atoms with Crippen LogP contribution in [0.15, 0.2) is 0 Å². The van der Waals surface area contributed by atoms with Gasteiger partial charge in [-0.3, -0.25) is 0 Å². The molecule has 1 aliphatic heterocycles. The molecule has 0 bridgehead atoms. The Morgan fingerprint density at radius 2 is 1.65 bits per heavy atom. The Labute approximate surface area is 130 Å². The summed E-state index contributed by atoms with van der Waals surface area (Å²) in [6.07, 6.45) is -13.7. The van der Waals surface area contributed by atoms with Crippen LogP contribution in [0.3, 0.4) is 0 Å².